The lowest BCUT2D eigenvalue weighted by atomic mass is 10.2. The molecule has 1 aromatic heterocycles. The van der Waals surface area contributed by atoms with Crippen LogP contribution >= 0.6 is 15.9 Å². The summed E-state index contributed by atoms with van der Waals surface area (Å²) in [6.07, 6.45) is 2.10. The number of H-pyrrole nitrogens is 1. The highest BCUT2D eigenvalue weighted by Gasteiger charge is 2.06. The monoisotopic (exact) mass is 315 g/mol. The minimum atomic E-state index is -1.75. The van der Waals surface area contributed by atoms with E-state index in [4.69, 9.17) is 15.3 Å². The lowest BCUT2D eigenvalue weighted by molar-refractivity contribution is -0.872. The number of rotatable bonds is 2. The Morgan fingerprint density at radius 1 is 1.39 bits per heavy atom. The second kappa shape index (κ2) is 6.36. The topological polar surface area (TPSA) is 86.4 Å². The number of hydrogen-bond acceptors (Lipinski definition) is 3. The number of halogens is 1. The van der Waals surface area contributed by atoms with E-state index in [0.29, 0.717) is 0 Å². The molecule has 1 aromatic carbocycles. The Morgan fingerprint density at radius 2 is 2.00 bits per heavy atom. The molecule has 0 saturated carbocycles. The molecule has 6 nitrogen and oxygen atoms in total. The van der Waals surface area contributed by atoms with Crippen molar-refractivity contribution in [3.63, 3.8) is 0 Å². The van der Waals surface area contributed by atoms with Gasteiger partial charge in [0.1, 0.15) is 6.54 Å². The maximum absolute atomic E-state index is 8.25. The molecule has 0 aliphatic carbocycles. The molecule has 0 radical (unpaired) electrons. The smallest absolute Gasteiger partial charge is 0.104 e. The van der Waals surface area contributed by atoms with Crippen molar-refractivity contribution in [2.24, 2.45) is 0 Å². The Balaban J connectivity index is 0.000000357. The predicted molar refractivity (Wildman–Crippen MR) is 72.9 cm³/mol. The Morgan fingerprint density at radius 3 is 2.56 bits per heavy atom. The highest BCUT2D eigenvalue weighted by molar-refractivity contribution is 9.10. The van der Waals surface area contributed by atoms with Crippen molar-refractivity contribution in [1.29, 1.82) is 0 Å². The molecule has 0 aliphatic rings. The van der Waals surface area contributed by atoms with Gasteiger partial charge in [-0.2, -0.15) is 0 Å². The minimum Gasteiger partial charge on any atom is -0.361 e. The Labute approximate surface area is 112 Å². The molecule has 0 saturated heterocycles. The Kier molecular flexibility index (Phi) is 5.11. The molecule has 0 spiro atoms. The summed E-state index contributed by atoms with van der Waals surface area (Å²) >= 11 is 3.50. The molecule has 2 N–H and O–H groups in total. The third kappa shape index (κ3) is 4.34. The summed E-state index contributed by atoms with van der Waals surface area (Å²) in [6.45, 7) is 1.05. The van der Waals surface area contributed by atoms with Crippen LogP contribution in [0.3, 0.4) is 0 Å². The first-order chi connectivity index (χ1) is 8.40. The van der Waals surface area contributed by atoms with Crippen LogP contribution in [-0.2, 0) is 6.54 Å². The van der Waals surface area contributed by atoms with Gasteiger partial charge in [-0.3, -0.25) is 0 Å². The number of hydrogen-bond donors (Lipinski definition) is 2. The van der Waals surface area contributed by atoms with E-state index in [2.05, 4.69) is 59.4 Å². The molecular formula is C11H14BrN3O3. The average Bonchev–Trinajstić information content (AvgIpc) is 2.59. The van der Waals surface area contributed by atoms with Crippen LogP contribution in [0.5, 0.6) is 0 Å². The summed E-state index contributed by atoms with van der Waals surface area (Å²) in [7, 11) is 4.33. The fraction of sp³-hybridized carbons (Fsp3) is 0.273. The van der Waals surface area contributed by atoms with E-state index in [1.807, 2.05) is 0 Å². The fourth-order valence-corrected chi connectivity index (χ4v) is 2.04. The van der Waals surface area contributed by atoms with Gasteiger partial charge in [-0.15, -0.1) is 0 Å². The zero-order valence-corrected chi connectivity index (χ0v) is 11.7. The third-order valence-corrected chi connectivity index (χ3v) is 2.77. The summed E-state index contributed by atoms with van der Waals surface area (Å²) in [5, 5.41) is 16.1. The van der Waals surface area contributed by atoms with Crippen molar-refractivity contribution in [1.82, 2.24) is 4.98 Å². The van der Waals surface area contributed by atoms with Gasteiger partial charge in [-0.1, -0.05) is 15.9 Å². The van der Waals surface area contributed by atoms with Gasteiger partial charge < -0.3 is 25.2 Å². The number of fused-ring (bicyclic) bond motifs is 1. The summed E-state index contributed by atoms with van der Waals surface area (Å²) in [4.78, 5) is 13.0. The van der Waals surface area contributed by atoms with Crippen LogP contribution in [0.1, 0.15) is 5.56 Å². The van der Waals surface area contributed by atoms with Crippen molar-refractivity contribution < 1.29 is 9.99 Å². The molecule has 98 valence electrons. The highest BCUT2D eigenvalue weighted by Crippen LogP contribution is 2.21. The van der Waals surface area contributed by atoms with Gasteiger partial charge >= 0.3 is 0 Å². The molecule has 0 bridgehead atoms. The van der Waals surface area contributed by atoms with Gasteiger partial charge in [0.2, 0.25) is 0 Å². The number of aromatic amines is 1. The lowest BCUT2D eigenvalue weighted by Crippen LogP contribution is -3.04. The van der Waals surface area contributed by atoms with Crippen LogP contribution in [0.2, 0.25) is 0 Å². The van der Waals surface area contributed by atoms with Gasteiger partial charge in [-0.25, -0.2) is 0 Å². The first-order valence-corrected chi connectivity index (χ1v) is 6.05. The highest BCUT2D eigenvalue weighted by atomic mass is 79.9. The number of quaternary nitrogens is 1. The first-order valence-electron chi connectivity index (χ1n) is 5.26. The summed E-state index contributed by atoms with van der Waals surface area (Å²) in [5.74, 6) is 0. The second-order valence-electron chi connectivity index (χ2n) is 4.11. The van der Waals surface area contributed by atoms with Gasteiger partial charge in [0.15, 0.2) is 0 Å². The number of benzene rings is 1. The van der Waals surface area contributed by atoms with E-state index < -0.39 is 5.09 Å². The molecule has 2 rings (SSSR count). The molecule has 0 atom stereocenters. The van der Waals surface area contributed by atoms with E-state index in [-0.39, 0.29) is 0 Å². The first kappa shape index (κ1) is 14.5. The Hall–Kier alpha value is -1.60. The zero-order valence-electron chi connectivity index (χ0n) is 10.1. The van der Waals surface area contributed by atoms with Crippen molar-refractivity contribution >= 4 is 26.8 Å². The van der Waals surface area contributed by atoms with Crippen molar-refractivity contribution in [3.05, 3.63) is 49.8 Å². The molecule has 2 aromatic rings. The number of aromatic nitrogens is 1. The molecule has 0 amide bonds. The molecular weight excluding hydrogens is 302 g/mol. The van der Waals surface area contributed by atoms with E-state index in [0.717, 1.165) is 11.0 Å². The molecule has 0 fully saturated rings. The second-order valence-corrected chi connectivity index (χ2v) is 5.03. The molecule has 7 heteroatoms. The largest absolute Gasteiger partial charge is 0.361 e. The number of nitrogens with one attached hydrogen (secondary N) is 2. The van der Waals surface area contributed by atoms with E-state index in [1.54, 1.807) is 0 Å². The average molecular weight is 316 g/mol. The van der Waals surface area contributed by atoms with Crippen LogP contribution in [0, 0.1) is 15.3 Å². The molecule has 1 heterocycles. The van der Waals surface area contributed by atoms with Gasteiger partial charge in [0.25, 0.3) is 0 Å². The van der Waals surface area contributed by atoms with Crippen LogP contribution in [0.4, 0.5) is 0 Å². The summed E-state index contributed by atoms with van der Waals surface area (Å²) < 4.78 is 1.14. The van der Waals surface area contributed by atoms with E-state index in [1.165, 1.54) is 21.4 Å². The van der Waals surface area contributed by atoms with Gasteiger partial charge in [-0.05, 0) is 18.2 Å². The van der Waals surface area contributed by atoms with Gasteiger partial charge in [0, 0.05) is 27.1 Å². The predicted octanol–water partition coefficient (Wildman–Crippen LogP) is 1.34. The van der Waals surface area contributed by atoms with Crippen LogP contribution in [-0.4, -0.2) is 24.2 Å². The maximum atomic E-state index is 8.25. The normalized spacial score (nSPS) is 10.2. The minimum absolute atomic E-state index is 1.05. The SMILES string of the molecule is C[NH+](C)Cc1c[nH]c2ccc(Br)cc12.O=[N+]([O-])[O-]. The van der Waals surface area contributed by atoms with Crippen molar-refractivity contribution in [2.45, 2.75) is 6.54 Å². The third-order valence-electron chi connectivity index (χ3n) is 2.27. The fourth-order valence-electron chi connectivity index (χ4n) is 1.68. The van der Waals surface area contributed by atoms with E-state index in [9.17, 15) is 0 Å². The van der Waals surface area contributed by atoms with Crippen molar-refractivity contribution in [3.8, 4) is 0 Å². The lowest BCUT2D eigenvalue weighted by Gasteiger charge is -2.05. The molecule has 18 heavy (non-hydrogen) atoms. The maximum Gasteiger partial charge on any atom is 0.104 e. The number of nitrogens with zero attached hydrogens (tertiary/aromatic N) is 1. The van der Waals surface area contributed by atoms with Crippen molar-refractivity contribution in [2.75, 3.05) is 14.1 Å². The Bertz CT molecular complexity index is 535. The molecule has 0 unspecified atom stereocenters. The quantitative estimate of drug-likeness (QED) is 0.647. The summed E-state index contributed by atoms with van der Waals surface area (Å²) in [5.41, 5.74) is 2.59. The van der Waals surface area contributed by atoms with Crippen LogP contribution < -0.4 is 4.90 Å². The van der Waals surface area contributed by atoms with Gasteiger partial charge in [0.05, 0.1) is 19.2 Å². The van der Waals surface area contributed by atoms with Crippen LogP contribution in [0.15, 0.2) is 28.9 Å². The molecule has 0 aliphatic heterocycles. The zero-order chi connectivity index (χ0) is 13.7. The standard InChI is InChI=1S/C11H13BrN2.NO3/c1-14(2)7-8-6-13-11-4-3-9(12)5-10(8)11;2-1(3)4/h3-6,13H,7H2,1-2H3;/q;-1/p+1. The van der Waals surface area contributed by atoms with Crippen LogP contribution in [0.25, 0.3) is 10.9 Å². The summed E-state index contributed by atoms with van der Waals surface area (Å²) in [6, 6.07) is 6.34. The van der Waals surface area contributed by atoms with E-state index >= 15 is 0 Å².